The summed E-state index contributed by atoms with van der Waals surface area (Å²) in [5.41, 5.74) is 0.932. The van der Waals surface area contributed by atoms with E-state index in [1.807, 2.05) is 13.8 Å². The van der Waals surface area contributed by atoms with Gasteiger partial charge < -0.3 is 10.2 Å². The topological polar surface area (TPSA) is 41.1 Å². The van der Waals surface area contributed by atoms with E-state index in [2.05, 4.69) is 34.0 Å². The van der Waals surface area contributed by atoms with Gasteiger partial charge in [-0.25, -0.2) is 9.97 Å². The minimum atomic E-state index is 0.554. The van der Waals surface area contributed by atoms with Crippen LogP contribution < -0.4 is 5.32 Å². The van der Waals surface area contributed by atoms with Gasteiger partial charge in [0.1, 0.15) is 16.8 Å². The summed E-state index contributed by atoms with van der Waals surface area (Å²) in [6, 6.07) is 0. The summed E-state index contributed by atoms with van der Waals surface area (Å²) in [5.74, 6) is 1.67. The van der Waals surface area contributed by atoms with Crippen LogP contribution in [-0.2, 0) is 6.42 Å². The molecule has 1 rings (SSSR count). The molecule has 108 valence electrons. The molecule has 0 aromatic carbocycles. The maximum absolute atomic E-state index is 6.11. The van der Waals surface area contributed by atoms with Crippen LogP contribution in [0.25, 0.3) is 0 Å². The van der Waals surface area contributed by atoms with E-state index in [1.54, 1.807) is 0 Å². The Kier molecular flexibility index (Phi) is 7.10. The van der Waals surface area contributed by atoms with Crippen LogP contribution in [0, 0.1) is 6.92 Å². The maximum Gasteiger partial charge on any atom is 0.137 e. The number of nitrogens with one attached hydrogen (secondary N) is 1. The van der Waals surface area contributed by atoms with Gasteiger partial charge in [0.25, 0.3) is 0 Å². The Morgan fingerprint density at radius 1 is 1.16 bits per heavy atom. The van der Waals surface area contributed by atoms with Crippen LogP contribution in [0.15, 0.2) is 0 Å². The Morgan fingerprint density at radius 3 is 2.42 bits per heavy atom. The van der Waals surface area contributed by atoms with Crippen molar-refractivity contribution in [3.8, 4) is 0 Å². The van der Waals surface area contributed by atoms with Gasteiger partial charge in [-0.05, 0) is 33.0 Å². The SMILES string of the molecule is CCc1nc(Cl)c(C)c(NCCCN(CC)CC)n1. The molecule has 1 aromatic rings. The Balaban J connectivity index is 2.51. The van der Waals surface area contributed by atoms with Gasteiger partial charge in [-0.1, -0.05) is 32.4 Å². The first-order valence-electron chi connectivity index (χ1n) is 7.11. The molecule has 0 aliphatic carbocycles. The van der Waals surface area contributed by atoms with Crippen molar-refractivity contribution in [2.24, 2.45) is 0 Å². The van der Waals surface area contributed by atoms with Crippen molar-refractivity contribution < 1.29 is 0 Å². The molecule has 0 unspecified atom stereocenters. The van der Waals surface area contributed by atoms with E-state index in [0.29, 0.717) is 5.15 Å². The Hall–Kier alpha value is -0.870. The average Bonchev–Trinajstić information content (AvgIpc) is 2.43. The number of anilines is 1. The third-order valence-corrected chi connectivity index (χ3v) is 3.65. The Morgan fingerprint density at radius 2 is 1.84 bits per heavy atom. The van der Waals surface area contributed by atoms with E-state index in [1.165, 1.54) is 0 Å². The minimum absolute atomic E-state index is 0.554. The largest absolute Gasteiger partial charge is 0.370 e. The molecule has 0 atom stereocenters. The van der Waals surface area contributed by atoms with Crippen molar-refractivity contribution in [3.63, 3.8) is 0 Å². The lowest BCUT2D eigenvalue weighted by atomic mass is 10.3. The first kappa shape index (κ1) is 16.2. The molecule has 0 fully saturated rings. The lowest BCUT2D eigenvalue weighted by molar-refractivity contribution is 0.303. The van der Waals surface area contributed by atoms with Gasteiger partial charge in [0, 0.05) is 18.5 Å². The van der Waals surface area contributed by atoms with Gasteiger partial charge in [-0.15, -0.1) is 0 Å². The molecule has 1 heterocycles. The Bertz CT molecular complexity index is 391. The number of rotatable bonds is 8. The molecule has 0 bridgehead atoms. The van der Waals surface area contributed by atoms with Crippen molar-refractivity contribution in [2.75, 3.05) is 31.5 Å². The van der Waals surface area contributed by atoms with E-state index in [-0.39, 0.29) is 0 Å². The second-order valence-electron chi connectivity index (χ2n) is 4.57. The molecule has 0 saturated carbocycles. The van der Waals surface area contributed by atoms with Gasteiger partial charge in [0.15, 0.2) is 0 Å². The first-order valence-corrected chi connectivity index (χ1v) is 7.49. The van der Waals surface area contributed by atoms with Gasteiger partial charge in [0.05, 0.1) is 0 Å². The summed E-state index contributed by atoms with van der Waals surface area (Å²) in [7, 11) is 0. The number of halogens is 1. The van der Waals surface area contributed by atoms with Crippen molar-refractivity contribution in [2.45, 2.75) is 40.5 Å². The second-order valence-corrected chi connectivity index (χ2v) is 4.92. The molecular weight excluding hydrogens is 260 g/mol. The lowest BCUT2D eigenvalue weighted by Crippen LogP contribution is -2.25. The fraction of sp³-hybridized carbons (Fsp3) is 0.714. The summed E-state index contributed by atoms with van der Waals surface area (Å²) < 4.78 is 0. The predicted octanol–water partition coefficient (Wildman–Crippen LogP) is 3.14. The smallest absolute Gasteiger partial charge is 0.137 e. The fourth-order valence-electron chi connectivity index (χ4n) is 1.91. The first-order chi connectivity index (χ1) is 9.12. The summed E-state index contributed by atoms with van der Waals surface area (Å²) >= 11 is 6.11. The van der Waals surface area contributed by atoms with Crippen LogP contribution in [0.4, 0.5) is 5.82 Å². The summed E-state index contributed by atoms with van der Waals surface area (Å²) in [4.78, 5) is 11.1. The van der Waals surface area contributed by atoms with Crippen LogP contribution >= 0.6 is 11.6 Å². The third-order valence-electron chi connectivity index (χ3n) is 3.29. The van der Waals surface area contributed by atoms with Crippen LogP contribution in [0.2, 0.25) is 5.15 Å². The summed E-state index contributed by atoms with van der Waals surface area (Å²) in [6.07, 6.45) is 1.90. The van der Waals surface area contributed by atoms with Crippen LogP contribution in [0.5, 0.6) is 0 Å². The molecule has 0 radical (unpaired) electrons. The molecule has 0 aliphatic rings. The maximum atomic E-state index is 6.11. The van der Waals surface area contributed by atoms with Crippen LogP contribution in [-0.4, -0.2) is 41.0 Å². The van der Waals surface area contributed by atoms with E-state index >= 15 is 0 Å². The van der Waals surface area contributed by atoms with Crippen molar-refractivity contribution in [1.82, 2.24) is 14.9 Å². The summed E-state index contributed by atoms with van der Waals surface area (Å²) in [6.45, 7) is 12.6. The monoisotopic (exact) mass is 284 g/mol. The zero-order chi connectivity index (χ0) is 14.3. The van der Waals surface area contributed by atoms with Gasteiger partial charge in [0.2, 0.25) is 0 Å². The highest BCUT2D eigenvalue weighted by Gasteiger charge is 2.08. The van der Waals surface area contributed by atoms with E-state index in [9.17, 15) is 0 Å². The number of aryl methyl sites for hydroxylation is 1. The van der Waals surface area contributed by atoms with E-state index in [0.717, 1.165) is 56.2 Å². The second kappa shape index (κ2) is 8.33. The molecule has 19 heavy (non-hydrogen) atoms. The van der Waals surface area contributed by atoms with Crippen LogP contribution in [0.1, 0.15) is 38.6 Å². The molecule has 1 N–H and O–H groups in total. The van der Waals surface area contributed by atoms with Gasteiger partial charge in [-0.2, -0.15) is 0 Å². The molecule has 0 aliphatic heterocycles. The highest BCUT2D eigenvalue weighted by atomic mass is 35.5. The number of hydrogen-bond donors (Lipinski definition) is 1. The highest BCUT2D eigenvalue weighted by Crippen LogP contribution is 2.19. The Labute approximate surface area is 121 Å². The molecule has 4 nitrogen and oxygen atoms in total. The molecule has 1 aromatic heterocycles. The third kappa shape index (κ3) is 4.96. The zero-order valence-corrected chi connectivity index (χ0v) is 13.2. The van der Waals surface area contributed by atoms with Gasteiger partial charge >= 0.3 is 0 Å². The van der Waals surface area contributed by atoms with Crippen molar-refractivity contribution in [1.29, 1.82) is 0 Å². The summed E-state index contributed by atoms with van der Waals surface area (Å²) in [5, 5.41) is 3.92. The normalized spacial score (nSPS) is 11.1. The molecular formula is C14H25ClN4. The molecule has 5 heteroatoms. The average molecular weight is 285 g/mol. The van der Waals surface area contributed by atoms with Crippen LogP contribution in [0.3, 0.4) is 0 Å². The molecule has 0 amide bonds. The minimum Gasteiger partial charge on any atom is -0.370 e. The zero-order valence-electron chi connectivity index (χ0n) is 12.5. The molecule has 0 spiro atoms. The van der Waals surface area contributed by atoms with Gasteiger partial charge in [-0.3, -0.25) is 0 Å². The van der Waals surface area contributed by atoms with E-state index in [4.69, 9.17) is 11.6 Å². The number of hydrogen-bond acceptors (Lipinski definition) is 4. The predicted molar refractivity (Wildman–Crippen MR) is 82.1 cm³/mol. The number of aromatic nitrogens is 2. The fourth-order valence-corrected chi connectivity index (χ4v) is 2.10. The number of nitrogens with zero attached hydrogens (tertiary/aromatic N) is 3. The van der Waals surface area contributed by atoms with Crippen molar-refractivity contribution in [3.05, 3.63) is 16.5 Å². The lowest BCUT2D eigenvalue weighted by Gasteiger charge is -2.18. The standard InChI is InChI=1S/C14H25ClN4/c1-5-12-17-13(15)11(4)14(18-12)16-9-8-10-19(6-2)7-3/h5-10H2,1-4H3,(H,16,17,18). The van der Waals surface area contributed by atoms with E-state index < -0.39 is 0 Å². The molecule has 0 saturated heterocycles. The quantitative estimate of drug-likeness (QED) is 0.588. The van der Waals surface area contributed by atoms with Crippen molar-refractivity contribution >= 4 is 17.4 Å². The highest BCUT2D eigenvalue weighted by molar-refractivity contribution is 6.30.